The van der Waals surface area contributed by atoms with E-state index >= 15 is 0 Å². The summed E-state index contributed by atoms with van der Waals surface area (Å²) in [5, 5.41) is 13.3. The van der Waals surface area contributed by atoms with Crippen molar-refractivity contribution in [2.75, 3.05) is 19.7 Å². The molecule has 0 radical (unpaired) electrons. The maximum absolute atomic E-state index is 9.02. The lowest BCUT2D eigenvalue weighted by molar-refractivity contribution is 0.146. The molecule has 0 bridgehead atoms. The van der Waals surface area contributed by atoms with Gasteiger partial charge in [-0.25, -0.2) is 0 Å². The van der Waals surface area contributed by atoms with E-state index in [1.165, 1.54) is 5.56 Å². The predicted octanol–water partition coefficient (Wildman–Crippen LogP) is 2.59. The molecule has 1 aromatic heterocycles. The molecule has 0 aromatic carbocycles. The summed E-state index contributed by atoms with van der Waals surface area (Å²) in [5.41, 5.74) is 1.63. The first kappa shape index (κ1) is 12.7. The highest BCUT2D eigenvalue weighted by Gasteiger charge is 2.16. The first-order valence-electron chi connectivity index (χ1n) is 5.35. The van der Waals surface area contributed by atoms with Gasteiger partial charge in [0.25, 0.3) is 0 Å². The van der Waals surface area contributed by atoms with E-state index in [-0.39, 0.29) is 12.0 Å². The Morgan fingerprint density at radius 1 is 1.40 bits per heavy atom. The van der Waals surface area contributed by atoms with E-state index in [9.17, 15) is 0 Å². The minimum atomic E-state index is 0.236. The smallest absolute Gasteiger partial charge is 0.0558 e. The van der Waals surface area contributed by atoms with Crippen LogP contribution in [0.5, 0.6) is 0 Å². The molecule has 1 heterocycles. The summed E-state index contributed by atoms with van der Waals surface area (Å²) in [6.45, 7) is 9.64. The highest BCUT2D eigenvalue weighted by molar-refractivity contribution is 7.07. The van der Waals surface area contributed by atoms with Crippen LogP contribution in [0.4, 0.5) is 0 Å². The van der Waals surface area contributed by atoms with E-state index in [0.717, 1.165) is 19.6 Å². The molecular weight excluding hydrogens is 206 g/mol. The van der Waals surface area contributed by atoms with Crippen LogP contribution in [0.1, 0.15) is 26.3 Å². The van der Waals surface area contributed by atoms with Crippen LogP contribution in [-0.2, 0) is 6.54 Å². The second-order valence-corrected chi connectivity index (χ2v) is 5.91. The quantitative estimate of drug-likeness (QED) is 0.836. The van der Waals surface area contributed by atoms with Crippen LogP contribution in [0.15, 0.2) is 16.8 Å². The molecule has 1 N–H and O–H groups in total. The molecule has 0 aliphatic heterocycles. The van der Waals surface area contributed by atoms with E-state index in [1.807, 2.05) is 0 Å². The van der Waals surface area contributed by atoms with Crippen LogP contribution < -0.4 is 0 Å². The van der Waals surface area contributed by atoms with Gasteiger partial charge in [-0.05, 0) is 27.8 Å². The number of hydrogen-bond donors (Lipinski definition) is 1. The summed E-state index contributed by atoms with van der Waals surface area (Å²) in [6, 6.07) is 2.15. The Morgan fingerprint density at radius 2 is 2.13 bits per heavy atom. The van der Waals surface area contributed by atoms with Crippen LogP contribution in [0.2, 0.25) is 0 Å². The van der Waals surface area contributed by atoms with Crippen molar-refractivity contribution < 1.29 is 5.11 Å². The van der Waals surface area contributed by atoms with Crippen LogP contribution in [0.25, 0.3) is 0 Å². The molecule has 0 fully saturated rings. The fourth-order valence-electron chi connectivity index (χ4n) is 1.67. The zero-order chi connectivity index (χ0) is 11.3. The van der Waals surface area contributed by atoms with Gasteiger partial charge in [0, 0.05) is 19.6 Å². The lowest BCUT2D eigenvalue weighted by Crippen LogP contribution is -2.34. The minimum absolute atomic E-state index is 0.236. The van der Waals surface area contributed by atoms with E-state index in [1.54, 1.807) is 11.3 Å². The largest absolute Gasteiger partial charge is 0.395 e. The molecule has 2 nitrogen and oxygen atoms in total. The third kappa shape index (κ3) is 5.30. The van der Waals surface area contributed by atoms with Gasteiger partial charge in [0.05, 0.1) is 6.61 Å². The lowest BCUT2D eigenvalue weighted by Gasteiger charge is -2.29. The van der Waals surface area contributed by atoms with E-state index in [4.69, 9.17) is 5.11 Å². The van der Waals surface area contributed by atoms with E-state index in [0.29, 0.717) is 0 Å². The Labute approximate surface area is 96.5 Å². The standard InChI is InChI=1S/C12H21NOS/c1-12(2,3)10-13(5-6-14)8-11-4-7-15-9-11/h4,7,9,14H,5-6,8,10H2,1-3H3. The molecule has 15 heavy (non-hydrogen) atoms. The first-order valence-corrected chi connectivity index (χ1v) is 6.30. The zero-order valence-corrected chi connectivity index (χ0v) is 10.7. The number of hydrogen-bond acceptors (Lipinski definition) is 3. The van der Waals surface area contributed by atoms with Crippen molar-refractivity contribution in [1.82, 2.24) is 4.90 Å². The number of aliphatic hydroxyl groups excluding tert-OH is 1. The van der Waals surface area contributed by atoms with Gasteiger partial charge >= 0.3 is 0 Å². The molecular formula is C12H21NOS. The van der Waals surface area contributed by atoms with E-state index in [2.05, 4.69) is 42.5 Å². The van der Waals surface area contributed by atoms with Gasteiger partial charge in [0.15, 0.2) is 0 Å². The Bertz CT molecular complexity index is 264. The molecule has 0 atom stereocenters. The fourth-order valence-corrected chi connectivity index (χ4v) is 2.33. The Balaban J connectivity index is 2.51. The third-order valence-electron chi connectivity index (χ3n) is 2.10. The van der Waals surface area contributed by atoms with Crippen molar-refractivity contribution in [1.29, 1.82) is 0 Å². The van der Waals surface area contributed by atoms with Crippen molar-refractivity contribution in [3.8, 4) is 0 Å². The maximum atomic E-state index is 9.02. The average Bonchev–Trinajstić information content (AvgIpc) is 2.54. The number of rotatable bonds is 5. The molecule has 0 spiro atoms. The molecule has 86 valence electrons. The van der Waals surface area contributed by atoms with Crippen molar-refractivity contribution >= 4 is 11.3 Å². The predicted molar refractivity (Wildman–Crippen MR) is 66.1 cm³/mol. The topological polar surface area (TPSA) is 23.5 Å². The van der Waals surface area contributed by atoms with Crippen LogP contribution in [-0.4, -0.2) is 29.7 Å². The second kappa shape index (κ2) is 5.64. The normalized spacial score (nSPS) is 12.3. The Kier molecular flexibility index (Phi) is 4.77. The zero-order valence-electron chi connectivity index (χ0n) is 9.86. The van der Waals surface area contributed by atoms with Gasteiger partial charge in [-0.1, -0.05) is 20.8 Å². The summed E-state index contributed by atoms with van der Waals surface area (Å²) >= 11 is 1.73. The van der Waals surface area contributed by atoms with Crippen LogP contribution in [0, 0.1) is 5.41 Å². The average molecular weight is 227 g/mol. The fraction of sp³-hybridized carbons (Fsp3) is 0.667. The molecule has 0 unspecified atom stereocenters. The number of nitrogens with zero attached hydrogens (tertiary/aromatic N) is 1. The lowest BCUT2D eigenvalue weighted by atomic mass is 9.96. The molecule has 1 rings (SSSR count). The third-order valence-corrected chi connectivity index (χ3v) is 2.83. The van der Waals surface area contributed by atoms with Crippen LogP contribution >= 0.6 is 11.3 Å². The molecule has 0 amide bonds. The summed E-state index contributed by atoms with van der Waals surface area (Å²) in [4.78, 5) is 2.31. The number of aliphatic hydroxyl groups is 1. The summed E-state index contributed by atoms with van der Waals surface area (Å²) in [5.74, 6) is 0. The van der Waals surface area contributed by atoms with Crippen molar-refractivity contribution in [3.63, 3.8) is 0 Å². The molecule has 0 saturated carbocycles. The first-order chi connectivity index (χ1) is 7.01. The van der Waals surface area contributed by atoms with Crippen molar-refractivity contribution in [2.24, 2.45) is 5.41 Å². The van der Waals surface area contributed by atoms with Gasteiger partial charge in [0.1, 0.15) is 0 Å². The minimum Gasteiger partial charge on any atom is -0.395 e. The Hall–Kier alpha value is -0.380. The highest BCUT2D eigenvalue weighted by atomic mass is 32.1. The van der Waals surface area contributed by atoms with Gasteiger partial charge in [-0.2, -0.15) is 11.3 Å². The van der Waals surface area contributed by atoms with Gasteiger partial charge in [-0.15, -0.1) is 0 Å². The summed E-state index contributed by atoms with van der Waals surface area (Å²) in [6.07, 6.45) is 0. The highest BCUT2D eigenvalue weighted by Crippen LogP contribution is 2.17. The molecule has 3 heteroatoms. The molecule has 0 aliphatic rings. The van der Waals surface area contributed by atoms with Crippen molar-refractivity contribution in [3.05, 3.63) is 22.4 Å². The van der Waals surface area contributed by atoms with Crippen LogP contribution in [0.3, 0.4) is 0 Å². The molecule has 0 aliphatic carbocycles. The Morgan fingerprint density at radius 3 is 2.60 bits per heavy atom. The van der Waals surface area contributed by atoms with Gasteiger partial charge < -0.3 is 5.11 Å². The van der Waals surface area contributed by atoms with Gasteiger partial charge in [0.2, 0.25) is 0 Å². The van der Waals surface area contributed by atoms with Crippen molar-refractivity contribution in [2.45, 2.75) is 27.3 Å². The molecule has 1 aromatic rings. The van der Waals surface area contributed by atoms with Gasteiger partial charge in [-0.3, -0.25) is 4.90 Å². The SMILES string of the molecule is CC(C)(C)CN(CCO)Cc1ccsc1. The second-order valence-electron chi connectivity index (χ2n) is 5.13. The summed E-state index contributed by atoms with van der Waals surface area (Å²) in [7, 11) is 0. The maximum Gasteiger partial charge on any atom is 0.0558 e. The monoisotopic (exact) mass is 227 g/mol. The van der Waals surface area contributed by atoms with E-state index < -0.39 is 0 Å². The number of thiophene rings is 1. The summed E-state index contributed by atoms with van der Waals surface area (Å²) < 4.78 is 0. The molecule has 0 saturated heterocycles.